The van der Waals surface area contributed by atoms with Crippen molar-refractivity contribution in [3.8, 4) is 6.07 Å². The largest absolute Gasteiger partial charge is 0.359 e. The average Bonchev–Trinajstić information content (AvgIpc) is 2.71. The van der Waals surface area contributed by atoms with Crippen molar-refractivity contribution in [2.45, 2.75) is 20.4 Å². The van der Waals surface area contributed by atoms with Gasteiger partial charge in [0.25, 0.3) is 5.91 Å². The molecule has 1 aliphatic heterocycles. The zero-order chi connectivity index (χ0) is 20.8. The zero-order valence-electron chi connectivity index (χ0n) is 16.8. The molecule has 1 fully saturated rings. The SMILES string of the molecule is Cc1cc(C)c(N/C=C(/C#N)C(=O)N2CCN(Cc3ccccc3)CC2)c(Cl)c1. The highest BCUT2D eigenvalue weighted by atomic mass is 35.5. The second-order valence-electron chi connectivity index (χ2n) is 7.31. The zero-order valence-corrected chi connectivity index (χ0v) is 17.5. The summed E-state index contributed by atoms with van der Waals surface area (Å²) in [5.41, 5.74) is 4.08. The molecular formula is C23H25ClN4O. The summed E-state index contributed by atoms with van der Waals surface area (Å²) in [6.45, 7) is 7.57. The Labute approximate surface area is 177 Å². The molecule has 0 saturated carbocycles. The van der Waals surface area contributed by atoms with Crippen molar-refractivity contribution >= 4 is 23.2 Å². The molecule has 29 heavy (non-hydrogen) atoms. The van der Waals surface area contributed by atoms with Gasteiger partial charge in [-0.15, -0.1) is 0 Å². The Balaban J connectivity index is 1.60. The highest BCUT2D eigenvalue weighted by Gasteiger charge is 2.23. The molecule has 1 heterocycles. The first-order valence-electron chi connectivity index (χ1n) is 9.67. The van der Waals surface area contributed by atoms with Crippen molar-refractivity contribution in [2.24, 2.45) is 0 Å². The van der Waals surface area contributed by atoms with E-state index in [1.807, 2.05) is 50.2 Å². The minimum Gasteiger partial charge on any atom is -0.359 e. The van der Waals surface area contributed by atoms with Gasteiger partial charge in [0.05, 0.1) is 10.7 Å². The van der Waals surface area contributed by atoms with E-state index in [0.717, 1.165) is 30.8 Å². The van der Waals surface area contributed by atoms with Gasteiger partial charge in [0.15, 0.2) is 0 Å². The van der Waals surface area contributed by atoms with E-state index < -0.39 is 0 Å². The number of carbonyl (C=O) groups is 1. The summed E-state index contributed by atoms with van der Waals surface area (Å²) in [6, 6.07) is 16.2. The summed E-state index contributed by atoms with van der Waals surface area (Å²) in [6.07, 6.45) is 1.46. The number of amides is 1. The smallest absolute Gasteiger partial charge is 0.266 e. The topological polar surface area (TPSA) is 59.4 Å². The number of halogens is 1. The average molecular weight is 409 g/mol. The third-order valence-corrected chi connectivity index (χ3v) is 5.35. The number of hydrogen-bond acceptors (Lipinski definition) is 4. The van der Waals surface area contributed by atoms with Crippen molar-refractivity contribution < 1.29 is 4.79 Å². The Morgan fingerprint density at radius 2 is 1.86 bits per heavy atom. The normalized spacial score (nSPS) is 15.1. The maximum absolute atomic E-state index is 12.8. The maximum Gasteiger partial charge on any atom is 0.266 e. The molecule has 1 aliphatic rings. The van der Waals surface area contributed by atoms with Crippen molar-refractivity contribution in [3.05, 3.63) is 76.0 Å². The Morgan fingerprint density at radius 1 is 1.17 bits per heavy atom. The van der Waals surface area contributed by atoms with E-state index in [9.17, 15) is 10.1 Å². The minimum atomic E-state index is -0.250. The van der Waals surface area contributed by atoms with Crippen LogP contribution in [-0.2, 0) is 11.3 Å². The van der Waals surface area contributed by atoms with Crippen LogP contribution in [0.2, 0.25) is 5.02 Å². The molecule has 0 unspecified atom stereocenters. The van der Waals surface area contributed by atoms with Crippen LogP contribution < -0.4 is 5.32 Å². The summed E-state index contributed by atoms with van der Waals surface area (Å²) in [7, 11) is 0. The van der Waals surface area contributed by atoms with Crippen molar-refractivity contribution in [1.82, 2.24) is 9.80 Å². The quantitative estimate of drug-likeness (QED) is 0.597. The molecule has 6 heteroatoms. The lowest BCUT2D eigenvalue weighted by atomic mass is 10.1. The summed E-state index contributed by atoms with van der Waals surface area (Å²) >= 11 is 6.30. The number of hydrogen-bond donors (Lipinski definition) is 1. The van der Waals surface area contributed by atoms with Gasteiger partial charge in [-0.3, -0.25) is 9.69 Å². The van der Waals surface area contributed by atoms with Crippen molar-refractivity contribution in [2.75, 3.05) is 31.5 Å². The second kappa shape index (κ2) is 9.60. The number of nitrogens with zero attached hydrogens (tertiary/aromatic N) is 3. The van der Waals surface area contributed by atoms with Gasteiger partial charge in [0, 0.05) is 38.9 Å². The Morgan fingerprint density at radius 3 is 2.48 bits per heavy atom. The van der Waals surface area contributed by atoms with Crippen molar-refractivity contribution in [3.63, 3.8) is 0 Å². The van der Waals surface area contributed by atoms with Crippen molar-refractivity contribution in [1.29, 1.82) is 5.26 Å². The fourth-order valence-electron chi connectivity index (χ4n) is 3.51. The number of anilines is 1. The summed E-state index contributed by atoms with van der Waals surface area (Å²) in [5.74, 6) is -0.250. The maximum atomic E-state index is 12.8. The van der Waals surface area contributed by atoms with Gasteiger partial charge in [-0.05, 0) is 36.6 Å². The molecule has 0 bridgehead atoms. The minimum absolute atomic E-state index is 0.0811. The molecule has 5 nitrogen and oxygen atoms in total. The molecule has 1 N–H and O–H groups in total. The van der Waals surface area contributed by atoms with Gasteiger partial charge in [-0.2, -0.15) is 5.26 Å². The number of rotatable bonds is 5. The van der Waals surface area contributed by atoms with Crippen LogP contribution in [0.1, 0.15) is 16.7 Å². The van der Waals surface area contributed by atoms with Crippen LogP contribution >= 0.6 is 11.6 Å². The molecular weight excluding hydrogens is 384 g/mol. The van der Waals surface area contributed by atoms with E-state index >= 15 is 0 Å². The number of aryl methyl sites for hydroxylation is 2. The monoisotopic (exact) mass is 408 g/mol. The van der Waals surface area contributed by atoms with Crippen LogP contribution in [0.15, 0.2) is 54.2 Å². The Kier molecular flexibility index (Phi) is 6.92. The summed E-state index contributed by atoms with van der Waals surface area (Å²) in [4.78, 5) is 16.8. The van der Waals surface area contributed by atoms with Gasteiger partial charge in [0.2, 0.25) is 0 Å². The third kappa shape index (κ3) is 5.38. The molecule has 0 aliphatic carbocycles. The predicted molar refractivity (Wildman–Crippen MR) is 117 cm³/mol. The van der Waals surface area contributed by atoms with E-state index in [1.165, 1.54) is 11.8 Å². The van der Waals surface area contributed by atoms with Crippen LogP contribution in [0.4, 0.5) is 5.69 Å². The standard InChI is InChI=1S/C23H25ClN4O/c1-17-12-18(2)22(21(24)13-17)26-15-20(14-25)23(29)28-10-8-27(9-11-28)16-19-6-4-3-5-7-19/h3-7,12-13,15,26H,8-11,16H2,1-2H3/b20-15-. The molecule has 150 valence electrons. The number of benzene rings is 2. The lowest BCUT2D eigenvalue weighted by molar-refractivity contribution is -0.128. The lowest BCUT2D eigenvalue weighted by Gasteiger charge is -2.34. The van der Waals surface area contributed by atoms with Crippen LogP contribution in [0.5, 0.6) is 0 Å². The van der Waals surface area contributed by atoms with Crippen LogP contribution in [0, 0.1) is 25.2 Å². The van der Waals surface area contributed by atoms with Crippen LogP contribution in [0.25, 0.3) is 0 Å². The van der Waals surface area contributed by atoms with Gasteiger partial charge < -0.3 is 10.2 Å². The summed E-state index contributed by atoms with van der Waals surface area (Å²) in [5, 5.41) is 13.1. The second-order valence-corrected chi connectivity index (χ2v) is 7.71. The third-order valence-electron chi connectivity index (χ3n) is 5.05. The molecule has 3 rings (SSSR count). The first-order chi connectivity index (χ1) is 14.0. The molecule has 0 radical (unpaired) electrons. The van der Waals surface area contributed by atoms with Crippen LogP contribution in [0.3, 0.4) is 0 Å². The molecule has 1 saturated heterocycles. The fourth-order valence-corrected chi connectivity index (χ4v) is 3.88. The highest BCUT2D eigenvalue weighted by molar-refractivity contribution is 6.33. The first-order valence-corrected chi connectivity index (χ1v) is 10.0. The van der Waals surface area contributed by atoms with E-state index in [0.29, 0.717) is 23.8 Å². The Bertz CT molecular complexity index is 918. The van der Waals surface area contributed by atoms with E-state index in [4.69, 9.17) is 11.6 Å². The van der Waals surface area contributed by atoms with E-state index in [1.54, 1.807) is 4.90 Å². The van der Waals surface area contributed by atoms with Gasteiger partial charge in [-0.25, -0.2) is 0 Å². The van der Waals surface area contributed by atoms with E-state index in [2.05, 4.69) is 22.3 Å². The highest BCUT2D eigenvalue weighted by Crippen LogP contribution is 2.27. The number of nitrogens with one attached hydrogen (secondary N) is 1. The van der Waals surface area contributed by atoms with Crippen LogP contribution in [-0.4, -0.2) is 41.9 Å². The number of carbonyl (C=O) groups excluding carboxylic acids is 1. The number of piperazine rings is 1. The van der Waals surface area contributed by atoms with Gasteiger partial charge in [-0.1, -0.05) is 48.0 Å². The van der Waals surface area contributed by atoms with Gasteiger partial charge >= 0.3 is 0 Å². The lowest BCUT2D eigenvalue weighted by Crippen LogP contribution is -2.48. The predicted octanol–water partition coefficient (Wildman–Crippen LogP) is 4.12. The molecule has 0 aromatic heterocycles. The fraction of sp³-hybridized carbons (Fsp3) is 0.304. The molecule has 1 amide bonds. The Hall–Kier alpha value is -2.81. The molecule has 0 atom stereocenters. The van der Waals surface area contributed by atoms with E-state index in [-0.39, 0.29) is 11.5 Å². The molecule has 0 spiro atoms. The summed E-state index contributed by atoms with van der Waals surface area (Å²) < 4.78 is 0. The van der Waals surface area contributed by atoms with Gasteiger partial charge in [0.1, 0.15) is 11.6 Å². The molecule has 2 aromatic rings. The first kappa shape index (κ1) is 20.9. The number of nitriles is 1. The molecule has 2 aromatic carbocycles.